The predicted octanol–water partition coefficient (Wildman–Crippen LogP) is 3.41. The Labute approximate surface area is 122 Å². The highest BCUT2D eigenvalue weighted by molar-refractivity contribution is 5.16. The molecular formula is C17H27FN2. The Morgan fingerprint density at radius 2 is 1.90 bits per heavy atom. The minimum absolute atomic E-state index is 0.0975. The molecule has 1 aromatic carbocycles. The minimum Gasteiger partial charge on any atom is -0.329 e. The van der Waals surface area contributed by atoms with Gasteiger partial charge in [0.2, 0.25) is 0 Å². The van der Waals surface area contributed by atoms with Gasteiger partial charge >= 0.3 is 0 Å². The van der Waals surface area contributed by atoms with Crippen LogP contribution < -0.4 is 5.73 Å². The number of benzene rings is 1. The summed E-state index contributed by atoms with van der Waals surface area (Å²) in [5.41, 5.74) is 7.37. The Balaban J connectivity index is 2.09. The van der Waals surface area contributed by atoms with E-state index in [2.05, 4.69) is 25.8 Å². The Morgan fingerprint density at radius 1 is 1.25 bits per heavy atom. The molecule has 1 aliphatic rings. The van der Waals surface area contributed by atoms with Crippen molar-refractivity contribution in [2.45, 2.75) is 45.2 Å². The van der Waals surface area contributed by atoms with Gasteiger partial charge in [-0.25, -0.2) is 4.39 Å². The van der Waals surface area contributed by atoms with Gasteiger partial charge in [-0.05, 0) is 55.8 Å². The highest BCUT2D eigenvalue weighted by Gasteiger charge is 2.39. The van der Waals surface area contributed by atoms with E-state index in [1.807, 2.05) is 12.1 Å². The average Bonchev–Trinajstić information content (AvgIpc) is 2.44. The summed E-state index contributed by atoms with van der Waals surface area (Å²) >= 11 is 0. The van der Waals surface area contributed by atoms with E-state index in [1.54, 1.807) is 0 Å². The minimum atomic E-state index is -0.176. The molecule has 1 aliphatic carbocycles. The molecule has 0 aliphatic heterocycles. The first-order valence-electron chi connectivity index (χ1n) is 7.62. The molecule has 3 heteroatoms. The van der Waals surface area contributed by atoms with Crippen molar-refractivity contribution in [3.63, 3.8) is 0 Å². The van der Waals surface area contributed by atoms with Crippen molar-refractivity contribution in [3.8, 4) is 0 Å². The first kappa shape index (κ1) is 15.5. The van der Waals surface area contributed by atoms with Crippen LogP contribution in [-0.2, 0) is 6.54 Å². The van der Waals surface area contributed by atoms with Crippen LogP contribution in [0.15, 0.2) is 24.3 Å². The second-order valence-corrected chi connectivity index (χ2v) is 6.61. The Hall–Kier alpha value is -0.930. The zero-order chi connectivity index (χ0) is 14.8. The van der Waals surface area contributed by atoms with Crippen LogP contribution >= 0.6 is 0 Å². The molecule has 0 spiro atoms. The van der Waals surface area contributed by atoms with E-state index in [1.165, 1.54) is 18.6 Å². The van der Waals surface area contributed by atoms with Gasteiger partial charge in [-0.3, -0.25) is 4.90 Å². The van der Waals surface area contributed by atoms with E-state index < -0.39 is 0 Å². The fourth-order valence-corrected chi connectivity index (χ4v) is 3.40. The summed E-state index contributed by atoms with van der Waals surface area (Å²) in [5, 5.41) is 0. The van der Waals surface area contributed by atoms with Crippen molar-refractivity contribution in [1.29, 1.82) is 0 Å². The summed E-state index contributed by atoms with van der Waals surface area (Å²) in [5.74, 6) is 1.32. The maximum Gasteiger partial charge on any atom is 0.123 e. The fourth-order valence-electron chi connectivity index (χ4n) is 3.40. The van der Waals surface area contributed by atoms with Gasteiger partial charge in [0, 0.05) is 18.6 Å². The number of halogens is 1. The molecule has 2 nitrogen and oxygen atoms in total. The molecule has 0 amide bonds. The lowest BCUT2D eigenvalue weighted by Gasteiger charge is -2.48. The summed E-state index contributed by atoms with van der Waals surface area (Å²) < 4.78 is 13.0. The first-order chi connectivity index (χ1) is 9.47. The summed E-state index contributed by atoms with van der Waals surface area (Å²) in [7, 11) is 2.15. The fraction of sp³-hybridized carbons (Fsp3) is 0.647. The molecule has 1 saturated carbocycles. The van der Waals surface area contributed by atoms with Gasteiger partial charge in [0.15, 0.2) is 0 Å². The number of hydrogen-bond acceptors (Lipinski definition) is 2. The molecule has 0 bridgehead atoms. The van der Waals surface area contributed by atoms with E-state index in [9.17, 15) is 4.39 Å². The van der Waals surface area contributed by atoms with E-state index >= 15 is 0 Å². The Bertz CT molecular complexity index is 431. The number of likely N-dealkylation sites (N-methyl/N-ethyl adjacent to an activating group) is 1. The smallest absolute Gasteiger partial charge is 0.123 e. The molecule has 2 rings (SSSR count). The lowest BCUT2D eigenvalue weighted by molar-refractivity contribution is 0.0349. The zero-order valence-electron chi connectivity index (χ0n) is 12.9. The first-order valence-corrected chi connectivity index (χ1v) is 7.62. The second-order valence-electron chi connectivity index (χ2n) is 6.61. The van der Waals surface area contributed by atoms with Crippen LogP contribution in [0.1, 0.15) is 38.7 Å². The highest BCUT2D eigenvalue weighted by atomic mass is 19.1. The van der Waals surface area contributed by atoms with Crippen molar-refractivity contribution in [2.75, 3.05) is 13.6 Å². The van der Waals surface area contributed by atoms with Crippen molar-refractivity contribution in [1.82, 2.24) is 4.90 Å². The van der Waals surface area contributed by atoms with Gasteiger partial charge in [-0.1, -0.05) is 26.0 Å². The van der Waals surface area contributed by atoms with Crippen LogP contribution in [0.5, 0.6) is 0 Å². The molecule has 1 aromatic rings. The highest BCUT2D eigenvalue weighted by Crippen LogP contribution is 2.39. The lowest BCUT2D eigenvalue weighted by Crippen LogP contribution is -2.55. The van der Waals surface area contributed by atoms with Crippen molar-refractivity contribution < 1.29 is 4.39 Å². The molecule has 2 N–H and O–H groups in total. The predicted molar refractivity (Wildman–Crippen MR) is 81.8 cm³/mol. The van der Waals surface area contributed by atoms with Gasteiger partial charge < -0.3 is 5.73 Å². The Morgan fingerprint density at radius 3 is 2.45 bits per heavy atom. The number of nitrogens with zero attached hydrogens (tertiary/aromatic N) is 1. The van der Waals surface area contributed by atoms with E-state index in [0.29, 0.717) is 12.5 Å². The zero-order valence-corrected chi connectivity index (χ0v) is 12.9. The van der Waals surface area contributed by atoms with Gasteiger partial charge in [-0.2, -0.15) is 0 Å². The molecule has 0 radical (unpaired) electrons. The van der Waals surface area contributed by atoms with E-state index in [-0.39, 0.29) is 11.4 Å². The van der Waals surface area contributed by atoms with Crippen LogP contribution in [-0.4, -0.2) is 24.0 Å². The van der Waals surface area contributed by atoms with E-state index in [0.717, 1.165) is 30.9 Å². The monoisotopic (exact) mass is 278 g/mol. The third-order valence-electron chi connectivity index (χ3n) is 5.26. The summed E-state index contributed by atoms with van der Waals surface area (Å²) in [6, 6.07) is 6.80. The van der Waals surface area contributed by atoms with Crippen LogP contribution in [0.4, 0.5) is 4.39 Å². The SMILES string of the molecule is CC1CCC(CN)(N(C)Cc2ccc(F)cc2)CC1C. The molecular weight excluding hydrogens is 251 g/mol. The molecule has 0 heterocycles. The number of nitrogens with two attached hydrogens (primary N) is 1. The molecule has 1 fully saturated rings. The molecule has 3 unspecified atom stereocenters. The summed E-state index contributed by atoms with van der Waals surface area (Å²) in [6.45, 7) is 6.20. The van der Waals surface area contributed by atoms with Gasteiger partial charge in [-0.15, -0.1) is 0 Å². The van der Waals surface area contributed by atoms with Crippen LogP contribution in [0.25, 0.3) is 0 Å². The topological polar surface area (TPSA) is 29.3 Å². The summed E-state index contributed by atoms with van der Waals surface area (Å²) in [4.78, 5) is 2.38. The average molecular weight is 278 g/mol. The second kappa shape index (κ2) is 6.23. The van der Waals surface area contributed by atoms with Gasteiger partial charge in [0.05, 0.1) is 0 Å². The van der Waals surface area contributed by atoms with Crippen molar-refractivity contribution >= 4 is 0 Å². The van der Waals surface area contributed by atoms with Crippen LogP contribution in [0.2, 0.25) is 0 Å². The standard InChI is InChI=1S/C17H27FN2/c1-13-8-9-17(12-19,10-14(13)2)20(3)11-15-4-6-16(18)7-5-15/h4-7,13-14H,8-12,19H2,1-3H3. The van der Waals surface area contributed by atoms with Crippen LogP contribution in [0, 0.1) is 17.7 Å². The maximum absolute atomic E-state index is 13.0. The van der Waals surface area contributed by atoms with E-state index in [4.69, 9.17) is 5.73 Å². The molecule has 0 saturated heterocycles. The molecule has 3 atom stereocenters. The molecule has 20 heavy (non-hydrogen) atoms. The lowest BCUT2D eigenvalue weighted by atomic mass is 9.70. The normalized spacial score (nSPS) is 30.7. The largest absolute Gasteiger partial charge is 0.329 e. The van der Waals surface area contributed by atoms with Gasteiger partial charge in [0.1, 0.15) is 5.82 Å². The molecule has 112 valence electrons. The quantitative estimate of drug-likeness (QED) is 0.914. The van der Waals surface area contributed by atoms with Crippen molar-refractivity contribution in [2.24, 2.45) is 17.6 Å². The Kier molecular flexibility index (Phi) is 4.82. The number of rotatable bonds is 4. The third-order valence-corrected chi connectivity index (χ3v) is 5.26. The van der Waals surface area contributed by atoms with Crippen molar-refractivity contribution in [3.05, 3.63) is 35.6 Å². The number of hydrogen-bond donors (Lipinski definition) is 1. The van der Waals surface area contributed by atoms with Crippen LogP contribution in [0.3, 0.4) is 0 Å². The van der Waals surface area contributed by atoms with Gasteiger partial charge in [0.25, 0.3) is 0 Å². The molecule has 0 aromatic heterocycles. The maximum atomic E-state index is 13.0. The third kappa shape index (κ3) is 3.21. The summed E-state index contributed by atoms with van der Waals surface area (Å²) in [6.07, 6.45) is 3.56.